The van der Waals surface area contributed by atoms with Crippen molar-refractivity contribution in [1.82, 2.24) is 10.6 Å². The number of benzene rings is 1. The summed E-state index contributed by atoms with van der Waals surface area (Å²) in [6.45, 7) is 2.04. The highest BCUT2D eigenvalue weighted by atomic mass is 35.6. The first-order valence-electron chi connectivity index (χ1n) is 7.41. The Morgan fingerprint density at radius 3 is 2.38 bits per heavy atom. The molecule has 0 radical (unpaired) electrons. The van der Waals surface area contributed by atoms with Gasteiger partial charge < -0.3 is 16.0 Å². The van der Waals surface area contributed by atoms with Crippen LogP contribution in [0.1, 0.15) is 32.6 Å². The standard InChI is InChI=1S/C15H19Cl3FN3OS/c1-2-3-4-5-12(23)21-13(15(16,17)18)22-14(24)20-11-8-6-10(19)7-9-11/h6-9,13H,2-5H2,1H3,(H,21,23)(H2,20,22,24)/t13-/m0/s1. The topological polar surface area (TPSA) is 53.2 Å². The van der Waals surface area contributed by atoms with Crippen LogP contribution < -0.4 is 16.0 Å². The van der Waals surface area contributed by atoms with Gasteiger partial charge in [-0.15, -0.1) is 0 Å². The summed E-state index contributed by atoms with van der Waals surface area (Å²) in [6.07, 6.45) is 2.05. The van der Waals surface area contributed by atoms with Gasteiger partial charge in [0.15, 0.2) is 5.11 Å². The second-order valence-corrected chi connectivity index (χ2v) is 7.88. The lowest BCUT2D eigenvalue weighted by molar-refractivity contribution is -0.122. The van der Waals surface area contributed by atoms with E-state index in [-0.39, 0.29) is 16.8 Å². The molecule has 0 saturated heterocycles. The number of hydrogen-bond acceptors (Lipinski definition) is 2. The molecule has 0 heterocycles. The van der Waals surface area contributed by atoms with E-state index in [0.717, 1.165) is 19.3 Å². The first-order valence-corrected chi connectivity index (χ1v) is 8.95. The zero-order chi connectivity index (χ0) is 18.2. The zero-order valence-electron chi connectivity index (χ0n) is 13.0. The minimum atomic E-state index is -1.80. The van der Waals surface area contributed by atoms with Gasteiger partial charge >= 0.3 is 0 Å². The fourth-order valence-corrected chi connectivity index (χ4v) is 2.36. The summed E-state index contributed by atoms with van der Waals surface area (Å²) in [5, 5.41) is 8.30. The Kier molecular flexibility index (Phi) is 9.05. The summed E-state index contributed by atoms with van der Waals surface area (Å²) in [4.78, 5) is 11.9. The van der Waals surface area contributed by atoms with Crippen LogP contribution in [0.2, 0.25) is 0 Å². The van der Waals surface area contributed by atoms with Crippen LogP contribution in [0, 0.1) is 5.82 Å². The summed E-state index contributed by atoms with van der Waals surface area (Å²) in [5.41, 5.74) is 0.561. The van der Waals surface area contributed by atoms with Gasteiger partial charge in [0.05, 0.1) is 0 Å². The molecular formula is C15H19Cl3FN3OS. The van der Waals surface area contributed by atoms with Crippen molar-refractivity contribution in [3.05, 3.63) is 30.1 Å². The van der Waals surface area contributed by atoms with Gasteiger partial charge in [-0.25, -0.2) is 4.39 Å². The van der Waals surface area contributed by atoms with E-state index in [0.29, 0.717) is 12.1 Å². The monoisotopic (exact) mass is 413 g/mol. The molecule has 1 atom stereocenters. The molecule has 1 amide bonds. The lowest BCUT2D eigenvalue weighted by atomic mass is 10.2. The predicted molar refractivity (Wildman–Crippen MR) is 102 cm³/mol. The largest absolute Gasteiger partial charge is 0.339 e. The highest BCUT2D eigenvalue weighted by Crippen LogP contribution is 2.29. The fourth-order valence-electron chi connectivity index (χ4n) is 1.80. The number of amides is 1. The van der Waals surface area contributed by atoms with Crippen molar-refractivity contribution in [1.29, 1.82) is 0 Å². The summed E-state index contributed by atoms with van der Waals surface area (Å²) in [5.74, 6) is -0.602. The van der Waals surface area contributed by atoms with Crippen molar-refractivity contribution in [2.75, 3.05) is 5.32 Å². The van der Waals surface area contributed by atoms with Crippen molar-refractivity contribution in [2.45, 2.75) is 42.6 Å². The first kappa shape index (κ1) is 21.2. The van der Waals surface area contributed by atoms with E-state index < -0.39 is 9.96 Å². The molecule has 9 heteroatoms. The van der Waals surface area contributed by atoms with Crippen molar-refractivity contribution < 1.29 is 9.18 Å². The number of carbonyl (C=O) groups excluding carboxylic acids is 1. The van der Waals surface area contributed by atoms with Gasteiger partial charge in [0.25, 0.3) is 0 Å². The van der Waals surface area contributed by atoms with Gasteiger partial charge in [-0.3, -0.25) is 4.79 Å². The maximum absolute atomic E-state index is 12.9. The van der Waals surface area contributed by atoms with Crippen LogP contribution in [-0.2, 0) is 4.79 Å². The van der Waals surface area contributed by atoms with Crippen LogP contribution in [0.4, 0.5) is 10.1 Å². The van der Waals surface area contributed by atoms with Gasteiger partial charge in [0.1, 0.15) is 12.0 Å². The molecule has 0 unspecified atom stereocenters. The molecule has 0 fully saturated rings. The van der Waals surface area contributed by atoms with E-state index in [9.17, 15) is 9.18 Å². The molecule has 4 nitrogen and oxygen atoms in total. The highest BCUT2D eigenvalue weighted by Gasteiger charge is 2.34. The Morgan fingerprint density at radius 1 is 1.21 bits per heavy atom. The number of anilines is 1. The average molecular weight is 415 g/mol. The van der Waals surface area contributed by atoms with Crippen LogP contribution in [0.5, 0.6) is 0 Å². The van der Waals surface area contributed by atoms with Crippen LogP contribution in [0.25, 0.3) is 0 Å². The molecule has 0 aliphatic rings. The Morgan fingerprint density at radius 2 is 1.83 bits per heavy atom. The third-order valence-electron chi connectivity index (χ3n) is 3.02. The SMILES string of the molecule is CCCCCC(=O)N[C@@H](NC(=S)Nc1ccc(F)cc1)C(Cl)(Cl)Cl. The number of carbonyl (C=O) groups is 1. The molecule has 0 spiro atoms. The second kappa shape index (κ2) is 10.2. The quantitative estimate of drug-likeness (QED) is 0.266. The van der Waals surface area contributed by atoms with E-state index >= 15 is 0 Å². The minimum absolute atomic E-state index is 0.131. The molecule has 24 heavy (non-hydrogen) atoms. The molecule has 134 valence electrons. The van der Waals surface area contributed by atoms with Gasteiger partial charge in [-0.2, -0.15) is 0 Å². The molecule has 0 aromatic heterocycles. The Balaban J connectivity index is 2.60. The van der Waals surface area contributed by atoms with Crippen LogP contribution >= 0.6 is 47.0 Å². The Bertz CT molecular complexity index is 552. The number of hydrogen-bond donors (Lipinski definition) is 3. The van der Waals surface area contributed by atoms with E-state index in [1.165, 1.54) is 24.3 Å². The van der Waals surface area contributed by atoms with E-state index in [4.69, 9.17) is 47.0 Å². The lowest BCUT2D eigenvalue weighted by Crippen LogP contribution is -2.56. The van der Waals surface area contributed by atoms with Gasteiger partial charge in [-0.1, -0.05) is 54.6 Å². The third kappa shape index (κ3) is 8.33. The number of halogens is 4. The molecule has 1 aromatic rings. The van der Waals surface area contributed by atoms with Gasteiger partial charge in [0.2, 0.25) is 9.70 Å². The molecular weight excluding hydrogens is 396 g/mol. The molecule has 0 saturated carbocycles. The highest BCUT2D eigenvalue weighted by molar-refractivity contribution is 7.80. The van der Waals surface area contributed by atoms with Crippen LogP contribution in [0.3, 0.4) is 0 Å². The molecule has 3 N–H and O–H groups in total. The third-order valence-corrected chi connectivity index (χ3v) is 3.89. The smallest absolute Gasteiger partial charge is 0.228 e. The number of rotatable bonds is 7. The van der Waals surface area contributed by atoms with Crippen molar-refractivity contribution in [3.63, 3.8) is 0 Å². The normalized spacial score (nSPS) is 12.4. The summed E-state index contributed by atoms with van der Waals surface area (Å²) in [7, 11) is 0. The average Bonchev–Trinajstić information content (AvgIpc) is 2.48. The number of unbranched alkanes of at least 4 members (excludes halogenated alkanes) is 2. The van der Waals surface area contributed by atoms with Crippen LogP contribution in [0.15, 0.2) is 24.3 Å². The van der Waals surface area contributed by atoms with Crippen molar-refractivity contribution in [3.8, 4) is 0 Å². The summed E-state index contributed by atoms with van der Waals surface area (Å²) >= 11 is 22.8. The predicted octanol–water partition coefficient (Wildman–Crippen LogP) is 4.50. The number of alkyl halides is 3. The van der Waals surface area contributed by atoms with Crippen LogP contribution in [-0.4, -0.2) is 21.0 Å². The van der Waals surface area contributed by atoms with E-state index in [1.54, 1.807) is 0 Å². The summed E-state index contributed by atoms with van der Waals surface area (Å²) in [6, 6.07) is 5.59. The molecule has 0 aliphatic heterocycles. The van der Waals surface area contributed by atoms with Crippen molar-refractivity contribution in [2.24, 2.45) is 0 Å². The Labute approximate surface area is 161 Å². The van der Waals surface area contributed by atoms with Gasteiger partial charge in [0, 0.05) is 12.1 Å². The van der Waals surface area contributed by atoms with E-state index in [2.05, 4.69) is 16.0 Å². The summed E-state index contributed by atoms with van der Waals surface area (Å²) < 4.78 is 11.1. The molecule has 1 rings (SSSR count). The van der Waals surface area contributed by atoms with Crippen molar-refractivity contribution >= 4 is 63.7 Å². The fraction of sp³-hybridized carbons (Fsp3) is 0.467. The molecule has 1 aromatic carbocycles. The van der Waals surface area contributed by atoms with E-state index in [1.807, 2.05) is 6.92 Å². The maximum atomic E-state index is 12.9. The molecule has 0 aliphatic carbocycles. The van der Waals surface area contributed by atoms with Gasteiger partial charge in [-0.05, 0) is 42.9 Å². The molecule has 0 bridgehead atoms. The first-order chi connectivity index (χ1) is 11.2. The second-order valence-electron chi connectivity index (χ2n) is 5.10. The Hall–Kier alpha value is -0.820. The zero-order valence-corrected chi connectivity index (χ0v) is 16.1. The maximum Gasteiger partial charge on any atom is 0.228 e. The number of thiocarbonyl (C=S) groups is 1. The number of nitrogens with one attached hydrogen (secondary N) is 3. The minimum Gasteiger partial charge on any atom is -0.339 e. The lowest BCUT2D eigenvalue weighted by Gasteiger charge is -2.27.